The number of hydrogen-bond donors (Lipinski definition) is 2. The Bertz CT molecular complexity index is 708. The highest BCUT2D eigenvalue weighted by Crippen LogP contribution is 2.36. The summed E-state index contributed by atoms with van der Waals surface area (Å²) in [5, 5.41) is 3.27. The standard InChI is InChI=1S/C22H29N3O/c1-16-5-4-6-18(13-16)14-21(26)25-22(20-7-2-3-12-24-20)19-10-8-17(15-23)9-11-19/h2-7,12-13,17,19,22H,8-11,14-15,23H2,1H3,(H,25,26)/t17?,19?,22-/m1/s1. The van der Waals surface area contributed by atoms with Gasteiger partial charge in [-0.2, -0.15) is 0 Å². The molecular weight excluding hydrogens is 322 g/mol. The molecule has 1 heterocycles. The molecule has 0 bridgehead atoms. The number of amides is 1. The highest BCUT2D eigenvalue weighted by atomic mass is 16.1. The lowest BCUT2D eigenvalue weighted by Crippen LogP contribution is -2.37. The molecule has 2 aromatic rings. The molecule has 4 heteroatoms. The second-order valence-electron chi connectivity index (χ2n) is 7.48. The Kier molecular flexibility index (Phi) is 6.40. The molecule has 26 heavy (non-hydrogen) atoms. The van der Waals surface area contributed by atoms with E-state index in [0.717, 1.165) is 43.5 Å². The van der Waals surface area contributed by atoms with Crippen LogP contribution in [0.25, 0.3) is 0 Å². The summed E-state index contributed by atoms with van der Waals surface area (Å²) in [7, 11) is 0. The fourth-order valence-electron chi connectivity index (χ4n) is 3.98. The van der Waals surface area contributed by atoms with Gasteiger partial charge in [0.25, 0.3) is 0 Å². The van der Waals surface area contributed by atoms with Crippen molar-refractivity contribution in [3.05, 3.63) is 65.5 Å². The molecule has 1 atom stereocenters. The number of nitrogens with one attached hydrogen (secondary N) is 1. The van der Waals surface area contributed by atoms with Crippen LogP contribution in [0.5, 0.6) is 0 Å². The third kappa shape index (κ3) is 4.92. The van der Waals surface area contributed by atoms with E-state index in [9.17, 15) is 4.79 Å². The minimum absolute atomic E-state index is 0.0211. The maximum absolute atomic E-state index is 12.7. The van der Waals surface area contributed by atoms with Crippen molar-refractivity contribution in [1.29, 1.82) is 0 Å². The first-order valence-electron chi connectivity index (χ1n) is 9.61. The van der Waals surface area contributed by atoms with Gasteiger partial charge in [-0.25, -0.2) is 0 Å². The van der Waals surface area contributed by atoms with E-state index >= 15 is 0 Å². The van der Waals surface area contributed by atoms with E-state index in [4.69, 9.17) is 5.73 Å². The summed E-state index contributed by atoms with van der Waals surface area (Å²) in [6.45, 7) is 2.81. The van der Waals surface area contributed by atoms with Gasteiger partial charge in [0.2, 0.25) is 5.91 Å². The summed E-state index contributed by atoms with van der Waals surface area (Å²) in [6.07, 6.45) is 6.67. The molecule has 1 amide bonds. The monoisotopic (exact) mass is 351 g/mol. The van der Waals surface area contributed by atoms with Crippen molar-refractivity contribution >= 4 is 5.91 Å². The van der Waals surface area contributed by atoms with Crippen LogP contribution in [0.1, 0.15) is 48.5 Å². The number of benzene rings is 1. The topological polar surface area (TPSA) is 68.0 Å². The summed E-state index contributed by atoms with van der Waals surface area (Å²) in [5.41, 5.74) is 9.02. The van der Waals surface area contributed by atoms with Crippen LogP contribution in [0, 0.1) is 18.8 Å². The second-order valence-corrected chi connectivity index (χ2v) is 7.48. The van der Waals surface area contributed by atoms with Crippen molar-refractivity contribution in [3.8, 4) is 0 Å². The molecule has 0 unspecified atom stereocenters. The van der Waals surface area contributed by atoms with Crippen LogP contribution in [0.2, 0.25) is 0 Å². The number of hydrogen-bond acceptors (Lipinski definition) is 3. The van der Waals surface area contributed by atoms with E-state index in [1.807, 2.05) is 43.3 Å². The number of pyridine rings is 1. The van der Waals surface area contributed by atoms with Crippen LogP contribution in [-0.4, -0.2) is 17.4 Å². The number of nitrogens with zero attached hydrogens (tertiary/aromatic N) is 1. The van der Waals surface area contributed by atoms with Gasteiger partial charge in [-0.15, -0.1) is 0 Å². The van der Waals surface area contributed by atoms with E-state index < -0.39 is 0 Å². The Labute approximate surface area is 156 Å². The zero-order valence-electron chi connectivity index (χ0n) is 15.5. The SMILES string of the molecule is Cc1cccc(CC(=O)N[C@@H](c2ccccn2)C2CCC(CN)CC2)c1. The highest BCUT2D eigenvalue weighted by Gasteiger charge is 2.30. The van der Waals surface area contributed by atoms with Gasteiger partial charge in [0.1, 0.15) is 0 Å². The lowest BCUT2D eigenvalue weighted by atomic mass is 9.77. The number of aryl methyl sites for hydroxylation is 1. The smallest absolute Gasteiger partial charge is 0.224 e. The van der Waals surface area contributed by atoms with Crippen LogP contribution in [-0.2, 0) is 11.2 Å². The van der Waals surface area contributed by atoms with E-state index in [-0.39, 0.29) is 11.9 Å². The molecule has 0 spiro atoms. The molecule has 1 fully saturated rings. The Morgan fingerprint density at radius 3 is 2.65 bits per heavy atom. The zero-order chi connectivity index (χ0) is 18.4. The van der Waals surface area contributed by atoms with Gasteiger partial charge in [0.05, 0.1) is 18.2 Å². The number of aromatic nitrogens is 1. The zero-order valence-corrected chi connectivity index (χ0v) is 15.5. The van der Waals surface area contributed by atoms with Crippen LogP contribution >= 0.6 is 0 Å². The average molecular weight is 351 g/mol. The van der Waals surface area contributed by atoms with Crippen molar-refractivity contribution in [2.75, 3.05) is 6.54 Å². The molecule has 1 aromatic heterocycles. The first-order valence-corrected chi connectivity index (χ1v) is 9.61. The maximum atomic E-state index is 12.7. The van der Waals surface area contributed by atoms with Crippen molar-refractivity contribution in [2.24, 2.45) is 17.6 Å². The summed E-state index contributed by atoms with van der Waals surface area (Å²) >= 11 is 0. The van der Waals surface area contributed by atoms with Gasteiger partial charge >= 0.3 is 0 Å². The Balaban J connectivity index is 1.70. The minimum atomic E-state index is -0.0211. The quantitative estimate of drug-likeness (QED) is 0.836. The van der Waals surface area contributed by atoms with Crippen molar-refractivity contribution in [3.63, 3.8) is 0 Å². The van der Waals surface area contributed by atoms with Crippen molar-refractivity contribution in [2.45, 2.75) is 45.1 Å². The third-order valence-electron chi connectivity index (χ3n) is 5.47. The Morgan fingerprint density at radius 1 is 1.19 bits per heavy atom. The minimum Gasteiger partial charge on any atom is -0.347 e. The number of nitrogens with two attached hydrogens (primary N) is 1. The maximum Gasteiger partial charge on any atom is 0.224 e. The van der Waals surface area contributed by atoms with E-state index in [1.165, 1.54) is 5.56 Å². The fourth-order valence-corrected chi connectivity index (χ4v) is 3.98. The van der Waals surface area contributed by atoms with Gasteiger partial charge in [-0.3, -0.25) is 9.78 Å². The third-order valence-corrected chi connectivity index (χ3v) is 5.47. The van der Waals surface area contributed by atoms with E-state index in [2.05, 4.69) is 16.4 Å². The molecule has 3 rings (SSSR count). The number of carbonyl (C=O) groups is 1. The summed E-state index contributed by atoms with van der Waals surface area (Å²) in [4.78, 5) is 17.2. The molecule has 1 aromatic carbocycles. The largest absolute Gasteiger partial charge is 0.347 e. The molecule has 1 aliphatic carbocycles. The number of carbonyl (C=O) groups excluding carboxylic acids is 1. The molecule has 0 saturated heterocycles. The summed E-state index contributed by atoms with van der Waals surface area (Å²) in [6, 6.07) is 14.0. The fraction of sp³-hybridized carbons (Fsp3) is 0.455. The Hall–Kier alpha value is -2.20. The predicted octanol–water partition coefficient (Wildman–Crippen LogP) is 3.56. The van der Waals surface area contributed by atoms with Crippen LogP contribution in [0.15, 0.2) is 48.7 Å². The normalized spacial score (nSPS) is 21.2. The first-order chi connectivity index (χ1) is 12.7. The molecule has 0 aliphatic heterocycles. The number of rotatable bonds is 6. The molecule has 1 aliphatic rings. The molecular formula is C22H29N3O. The van der Waals surface area contributed by atoms with Gasteiger partial charge in [-0.05, 0) is 68.7 Å². The van der Waals surface area contributed by atoms with E-state index in [0.29, 0.717) is 18.3 Å². The second kappa shape index (κ2) is 8.95. The van der Waals surface area contributed by atoms with Crippen molar-refractivity contribution < 1.29 is 4.79 Å². The summed E-state index contributed by atoms with van der Waals surface area (Å²) < 4.78 is 0. The average Bonchev–Trinajstić information content (AvgIpc) is 2.67. The van der Waals surface area contributed by atoms with Crippen LogP contribution in [0.4, 0.5) is 0 Å². The molecule has 4 nitrogen and oxygen atoms in total. The van der Waals surface area contributed by atoms with Gasteiger partial charge in [0.15, 0.2) is 0 Å². The van der Waals surface area contributed by atoms with Crippen LogP contribution in [0.3, 0.4) is 0 Å². The summed E-state index contributed by atoms with van der Waals surface area (Å²) in [5.74, 6) is 1.11. The van der Waals surface area contributed by atoms with E-state index in [1.54, 1.807) is 6.20 Å². The van der Waals surface area contributed by atoms with Gasteiger partial charge < -0.3 is 11.1 Å². The Morgan fingerprint density at radius 2 is 2.00 bits per heavy atom. The predicted molar refractivity (Wildman–Crippen MR) is 105 cm³/mol. The highest BCUT2D eigenvalue weighted by molar-refractivity contribution is 5.79. The van der Waals surface area contributed by atoms with Gasteiger partial charge in [0, 0.05) is 6.20 Å². The molecule has 0 radical (unpaired) electrons. The molecule has 1 saturated carbocycles. The van der Waals surface area contributed by atoms with Gasteiger partial charge in [-0.1, -0.05) is 35.9 Å². The molecule has 138 valence electrons. The van der Waals surface area contributed by atoms with Crippen molar-refractivity contribution in [1.82, 2.24) is 10.3 Å². The van der Waals surface area contributed by atoms with Crippen LogP contribution < -0.4 is 11.1 Å². The lowest BCUT2D eigenvalue weighted by molar-refractivity contribution is -0.121. The lowest BCUT2D eigenvalue weighted by Gasteiger charge is -2.33. The first kappa shape index (κ1) is 18.6. The molecule has 3 N–H and O–H groups in total.